The number of hydrogen-bond acceptors (Lipinski definition) is 5. The molecule has 1 amide bonds. The van der Waals surface area contributed by atoms with Gasteiger partial charge in [0.15, 0.2) is 11.4 Å². The monoisotopic (exact) mass is 319 g/mol. The van der Waals surface area contributed by atoms with E-state index in [1.807, 2.05) is 36.4 Å². The maximum absolute atomic E-state index is 11.3. The van der Waals surface area contributed by atoms with Crippen LogP contribution in [-0.4, -0.2) is 16.0 Å². The number of primary amides is 1. The van der Waals surface area contributed by atoms with Gasteiger partial charge in [0.1, 0.15) is 24.1 Å². The van der Waals surface area contributed by atoms with Gasteiger partial charge in [0.2, 0.25) is 0 Å². The van der Waals surface area contributed by atoms with Crippen molar-refractivity contribution in [3.05, 3.63) is 65.5 Å². The van der Waals surface area contributed by atoms with Gasteiger partial charge in [-0.3, -0.25) is 4.79 Å². The number of aromatic hydroxyl groups is 1. The van der Waals surface area contributed by atoms with Gasteiger partial charge < -0.3 is 15.6 Å². The molecule has 3 aromatic rings. The number of benzene rings is 2. The van der Waals surface area contributed by atoms with E-state index < -0.39 is 5.91 Å². The third-order valence-corrected chi connectivity index (χ3v) is 3.54. The number of hydrogen-bond donors (Lipinski definition) is 2. The smallest absolute Gasteiger partial charge is 0.271 e. The largest absolute Gasteiger partial charge is 0.505 e. The number of fused-ring (bicyclic) bond motifs is 1. The number of carbonyl (C=O) groups is 1. The summed E-state index contributed by atoms with van der Waals surface area (Å²) in [6, 6.07) is 16.4. The topological polar surface area (TPSA) is 109 Å². The summed E-state index contributed by atoms with van der Waals surface area (Å²) in [4.78, 5) is 15.2. The minimum Gasteiger partial charge on any atom is -0.505 e. The zero-order chi connectivity index (χ0) is 17.1. The number of nitrogens with two attached hydrogens (primary N) is 1. The van der Waals surface area contributed by atoms with Gasteiger partial charge in [0.05, 0.1) is 0 Å². The summed E-state index contributed by atoms with van der Waals surface area (Å²) in [5.41, 5.74) is 5.86. The lowest BCUT2D eigenvalue weighted by molar-refractivity contribution is 0.0993. The van der Waals surface area contributed by atoms with E-state index in [0.717, 1.165) is 5.56 Å². The van der Waals surface area contributed by atoms with Crippen LogP contribution < -0.4 is 10.5 Å². The predicted molar refractivity (Wildman–Crippen MR) is 87.4 cm³/mol. The molecule has 3 rings (SSSR count). The Bertz CT molecular complexity index is 963. The van der Waals surface area contributed by atoms with Crippen LogP contribution in [0.15, 0.2) is 48.5 Å². The van der Waals surface area contributed by atoms with Crippen molar-refractivity contribution in [2.75, 3.05) is 0 Å². The highest BCUT2D eigenvalue weighted by atomic mass is 16.5. The molecule has 0 bridgehead atoms. The molecular weight excluding hydrogens is 306 g/mol. The lowest BCUT2D eigenvalue weighted by Crippen LogP contribution is -2.14. The van der Waals surface area contributed by atoms with Crippen LogP contribution in [0.5, 0.6) is 11.5 Å². The van der Waals surface area contributed by atoms with Crippen molar-refractivity contribution in [2.45, 2.75) is 6.61 Å². The third kappa shape index (κ3) is 2.83. The number of carbonyl (C=O) groups excluding carboxylic acids is 1. The van der Waals surface area contributed by atoms with E-state index >= 15 is 0 Å². The molecule has 6 nitrogen and oxygen atoms in total. The summed E-state index contributed by atoms with van der Waals surface area (Å²) >= 11 is 0. The number of pyridine rings is 1. The Morgan fingerprint density at radius 3 is 2.62 bits per heavy atom. The Balaban J connectivity index is 2.00. The van der Waals surface area contributed by atoms with Gasteiger partial charge >= 0.3 is 0 Å². The highest BCUT2D eigenvalue weighted by Gasteiger charge is 2.17. The molecule has 0 atom stereocenters. The molecule has 1 aromatic heterocycles. The summed E-state index contributed by atoms with van der Waals surface area (Å²) in [6.45, 7) is 0.368. The fraction of sp³-hybridized carbons (Fsp3) is 0.0556. The average Bonchev–Trinajstić information content (AvgIpc) is 2.61. The zero-order valence-corrected chi connectivity index (χ0v) is 12.6. The van der Waals surface area contributed by atoms with Crippen molar-refractivity contribution in [1.29, 1.82) is 5.26 Å². The molecule has 24 heavy (non-hydrogen) atoms. The first-order valence-corrected chi connectivity index (χ1v) is 7.13. The maximum Gasteiger partial charge on any atom is 0.271 e. The third-order valence-electron chi connectivity index (χ3n) is 3.54. The Labute approximate surface area is 137 Å². The first-order chi connectivity index (χ1) is 11.6. The van der Waals surface area contributed by atoms with Crippen LogP contribution in [0, 0.1) is 11.3 Å². The van der Waals surface area contributed by atoms with Gasteiger partial charge in [-0.05, 0) is 23.8 Å². The maximum atomic E-state index is 11.3. The molecule has 0 radical (unpaired) electrons. The Kier molecular flexibility index (Phi) is 4.00. The molecule has 1 heterocycles. The normalized spacial score (nSPS) is 10.3. The fourth-order valence-electron chi connectivity index (χ4n) is 2.37. The van der Waals surface area contributed by atoms with Gasteiger partial charge in [-0.1, -0.05) is 30.3 Å². The molecule has 2 aromatic carbocycles. The predicted octanol–water partition coefficient (Wildman–Crippen LogP) is 2.49. The van der Waals surface area contributed by atoms with Crippen LogP contribution in [0.3, 0.4) is 0 Å². The van der Waals surface area contributed by atoms with Crippen molar-refractivity contribution < 1.29 is 14.6 Å². The van der Waals surface area contributed by atoms with Crippen LogP contribution >= 0.6 is 0 Å². The van der Waals surface area contributed by atoms with Crippen molar-refractivity contribution in [1.82, 2.24) is 4.98 Å². The minimum absolute atomic E-state index is 0.00163. The Hall–Kier alpha value is -3.59. The van der Waals surface area contributed by atoms with Crippen LogP contribution in [0.25, 0.3) is 10.8 Å². The Morgan fingerprint density at radius 2 is 1.96 bits per heavy atom. The van der Waals surface area contributed by atoms with E-state index in [1.54, 1.807) is 18.2 Å². The molecule has 0 spiro atoms. The molecule has 0 aliphatic carbocycles. The quantitative estimate of drug-likeness (QED) is 0.768. The minimum atomic E-state index is -0.893. The molecule has 0 saturated heterocycles. The van der Waals surface area contributed by atoms with Crippen LogP contribution in [0.2, 0.25) is 0 Å². The lowest BCUT2D eigenvalue weighted by Gasteiger charge is -2.10. The number of amides is 1. The molecule has 0 saturated carbocycles. The number of rotatable bonds is 4. The van der Waals surface area contributed by atoms with E-state index in [4.69, 9.17) is 10.5 Å². The summed E-state index contributed by atoms with van der Waals surface area (Å²) in [7, 11) is 0. The van der Waals surface area contributed by atoms with Crippen molar-refractivity contribution in [2.24, 2.45) is 5.73 Å². The van der Waals surface area contributed by atoms with Gasteiger partial charge in [-0.15, -0.1) is 0 Å². The van der Waals surface area contributed by atoms with E-state index in [0.29, 0.717) is 23.1 Å². The van der Waals surface area contributed by atoms with Gasteiger partial charge in [-0.25, -0.2) is 4.98 Å². The Morgan fingerprint density at radius 1 is 1.21 bits per heavy atom. The number of nitrogens with zero attached hydrogens (tertiary/aromatic N) is 2. The molecule has 118 valence electrons. The number of ether oxygens (including phenoxy) is 1. The van der Waals surface area contributed by atoms with Crippen LogP contribution in [0.4, 0.5) is 0 Å². The molecular formula is C18H13N3O3. The standard InChI is InChI=1S/C18H13N3O3/c19-9-15-14-8-12(24-10-11-4-2-1-3-5-11)6-7-13(14)17(22)16(21-15)18(20)23/h1-8,22H,10H2,(H2,20,23). The second kappa shape index (κ2) is 6.26. The summed E-state index contributed by atoms with van der Waals surface area (Å²) in [5.74, 6) is -0.711. The second-order valence-corrected chi connectivity index (χ2v) is 5.12. The van der Waals surface area contributed by atoms with E-state index in [1.165, 1.54) is 0 Å². The molecule has 0 unspecified atom stereocenters. The molecule has 0 fully saturated rings. The van der Waals surface area contributed by atoms with E-state index in [2.05, 4.69) is 4.98 Å². The van der Waals surface area contributed by atoms with Crippen LogP contribution in [0.1, 0.15) is 21.7 Å². The lowest BCUT2D eigenvalue weighted by atomic mass is 10.1. The second-order valence-electron chi connectivity index (χ2n) is 5.12. The van der Waals surface area contributed by atoms with Gasteiger partial charge in [0, 0.05) is 10.8 Å². The number of nitriles is 1. The molecule has 0 aliphatic rings. The van der Waals surface area contributed by atoms with Crippen molar-refractivity contribution in [3.63, 3.8) is 0 Å². The van der Waals surface area contributed by atoms with E-state index in [-0.39, 0.29) is 17.1 Å². The van der Waals surface area contributed by atoms with E-state index in [9.17, 15) is 15.2 Å². The molecule has 6 heteroatoms. The molecule has 0 aliphatic heterocycles. The summed E-state index contributed by atoms with van der Waals surface area (Å²) < 4.78 is 5.71. The first-order valence-electron chi connectivity index (χ1n) is 7.13. The summed E-state index contributed by atoms with van der Waals surface area (Å²) in [6.07, 6.45) is 0. The van der Waals surface area contributed by atoms with Crippen LogP contribution in [-0.2, 0) is 6.61 Å². The average molecular weight is 319 g/mol. The van der Waals surface area contributed by atoms with Gasteiger partial charge in [0.25, 0.3) is 5.91 Å². The highest BCUT2D eigenvalue weighted by molar-refractivity contribution is 6.02. The summed E-state index contributed by atoms with van der Waals surface area (Å²) in [5, 5.41) is 20.1. The molecule has 3 N–H and O–H groups in total. The van der Waals surface area contributed by atoms with Gasteiger partial charge in [-0.2, -0.15) is 5.26 Å². The zero-order valence-electron chi connectivity index (χ0n) is 12.6. The highest BCUT2D eigenvalue weighted by Crippen LogP contribution is 2.32. The van der Waals surface area contributed by atoms with Crippen molar-refractivity contribution >= 4 is 16.7 Å². The fourth-order valence-corrected chi connectivity index (χ4v) is 2.37. The SMILES string of the molecule is N#Cc1nc(C(N)=O)c(O)c2ccc(OCc3ccccc3)cc12. The first kappa shape index (κ1) is 15.3. The van der Waals surface area contributed by atoms with Crippen molar-refractivity contribution in [3.8, 4) is 17.6 Å². The number of aromatic nitrogens is 1.